The molecule has 0 spiro atoms. The molecule has 2 aliphatic rings. The Bertz CT molecular complexity index is 825. The minimum Gasteiger partial charge on any atom is -0.269 e. The van der Waals surface area contributed by atoms with Crippen molar-refractivity contribution in [3.8, 4) is 0 Å². The first-order chi connectivity index (χ1) is 10.2. The molecule has 2 aromatic rings. The second-order valence-electron chi connectivity index (χ2n) is 5.50. The number of fused-ring (bicyclic) bond motifs is 4. The lowest BCUT2D eigenvalue weighted by atomic mass is 9.99. The number of allylic oxidation sites excluding steroid dienone is 1. The first kappa shape index (κ1) is 12.7. The Morgan fingerprint density at radius 1 is 1.00 bits per heavy atom. The Balaban J connectivity index is 1.77. The Kier molecular flexibility index (Phi) is 2.69. The predicted octanol–water partition coefficient (Wildman–Crippen LogP) is 2.91. The molecule has 2 bridgehead atoms. The van der Waals surface area contributed by atoms with Crippen molar-refractivity contribution in [3.63, 3.8) is 0 Å². The van der Waals surface area contributed by atoms with Crippen LogP contribution in [0.5, 0.6) is 0 Å². The monoisotopic (exact) mass is 297 g/mol. The molecule has 0 aliphatic carbocycles. The second kappa shape index (κ2) is 4.46. The van der Waals surface area contributed by atoms with Gasteiger partial charge in [0.05, 0.1) is 4.90 Å². The van der Waals surface area contributed by atoms with Crippen LogP contribution in [0.25, 0.3) is 0 Å². The lowest BCUT2D eigenvalue weighted by molar-refractivity contribution is 0.469. The van der Waals surface area contributed by atoms with Gasteiger partial charge in [0.25, 0.3) is 10.0 Å². The van der Waals surface area contributed by atoms with Crippen LogP contribution in [0.1, 0.15) is 17.0 Å². The maximum atomic E-state index is 12.7. The molecule has 0 N–H and O–H groups in total. The molecule has 0 amide bonds. The fourth-order valence-electron chi connectivity index (χ4n) is 3.20. The third-order valence-corrected chi connectivity index (χ3v) is 6.08. The van der Waals surface area contributed by atoms with Crippen LogP contribution in [-0.2, 0) is 16.4 Å². The number of rotatable bonds is 2. The van der Waals surface area contributed by atoms with Gasteiger partial charge in [-0.3, -0.25) is 4.31 Å². The summed E-state index contributed by atoms with van der Waals surface area (Å²) in [7, 11) is -3.40. The topological polar surface area (TPSA) is 37.4 Å². The third kappa shape index (κ3) is 1.90. The van der Waals surface area contributed by atoms with Gasteiger partial charge in [-0.2, -0.15) is 0 Å². The van der Waals surface area contributed by atoms with Crippen LogP contribution >= 0.6 is 0 Å². The zero-order valence-corrected chi connectivity index (χ0v) is 12.3. The molecule has 21 heavy (non-hydrogen) atoms. The van der Waals surface area contributed by atoms with E-state index in [1.165, 1.54) is 0 Å². The molecule has 0 unspecified atom stereocenters. The molecule has 4 heteroatoms. The van der Waals surface area contributed by atoms with Crippen molar-refractivity contribution in [1.82, 2.24) is 4.31 Å². The standard InChI is InChI=1S/C17H15NO2S/c19-21(20)17-9-5-4-8-16(17)14-11-15(18(21)12-14)10-13-6-2-1-3-7-13/h1-9,11,14H,10,12H2/t14-/m1/s1. The summed E-state index contributed by atoms with van der Waals surface area (Å²) in [4.78, 5) is 0.459. The van der Waals surface area contributed by atoms with Crippen LogP contribution in [0.2, 0.25) is 0 Å². The quantitative estimate of drug-likeness (QED) is 0.854. The van der Waals surface area contributed by atoms with Crippen LogP contribution in [0, 0.1) is 0 Å². The van der Waals surface area contributed by atoms with E-state index in [1.807, 2.05) is 42.5 Å². The second-order valence-corrected chi connectivity index (χ2v) is 7.33. The highest BCUT2D eigenvalue weighted by Crippen LogP contribution is 2.42. The highest BCUT2D eigenvalue weighted by Gasteiger charge is 2.41. The summed E-state index contributed by atoms with van der Waals surface area (Å²) in [5.41, 5.74) is 2.95. The number of sulfonamides is 1. The SMILES string of the molecule is O=S1(=O)c2ccccc2[C@@H]2C=C(Cc3ccccc3)N1C2. The predicted molar refractivity (Wildman–Crippen MR) is 81.3 cm³/mol. The van der Waals surface area contributed by atoms with E-state index in [9.17, 15) is 8.42 Å². The summed E-state index contributed by atoms with van der Waals surface area (Å²) in [5.74, 6) is 0.184. The van der Waals surface area contributed by atoms with Crippen molar-refractivity contribution in [2.24, 2.45) is 0 Å². The minimum absolute atomic E-state index is 0.184. The number of hydrogen-bond donors (Lipinski definition) is 0. The summed E-state index contributed by atoms with van der Waals surface area (Å²) in [5, 5.41) is 0. The van der Waals surface area contributed by atoms with Gasteiger partial charge in [-0.1, -0.05) is 54.6 Å². The van der Waals surface area contributed by atoms with Crippen LogP contribution in [0.15, 0.2) is 71.3 Å². The fraction of sp³-hybridized carbons (Fsp3) is 0.176. The molecule has 1 atom stereocenters. The van der Waals surface area contributed by atoms with E-state index in [0.717, 1.165) is 16.8 Å². The van der Waals surface area contributed by atoms with E-state index in [1.54, 1.807) is 16.4 Å². The van der Waals surface area contributed by atoms with E-state index in [2.05, 4.69) is 6.08 Å². The molecule has 2 aromatic carbocycles. The maximum absolute atomic E-state index is 12.7. The average Bonchev–Trinajstić information content (AvgIpc) is 2.89. The number of hydrogen-bond acceptors (Lipinski definition) is 2. The molecule has 3 nitrogen and oxygen atoms in total. The highest BCUT2D eigenvalue weighted by molar-refractivity contribution is 7.89. The van der Waals surface area contributed by atoms with Gasteiger partial charge in [0.2, 0.25) is 0 Å². The van der Waals surface area contributed by atoms with Crippen LogP contribution in [0.3, 0.4) is 0 Å². The molecule has 2 heterocycles. The van der Waals surface area contributed by atoms with Crippen molar-refractivity contribution in [2.75, 3.05) is 6.54 Å². The first-order valence-electron chi connectivity index (χ1n) is 7.02. The van der Waals surface area contributed by atoms with Crippen molar-refractivity contribution >= 4 is 10.0 Å². The normalized spacial score (nSPS) is 21.8. The van der Waals surface area contributed by atoms with Gasteiger partial charge >= 0.3 is 0 Å². The molecular formula is C17H15NO2S. The van der Waals surface area contributed by atoms with Gasteiger partial charge in [-0.15, -0.1) is 0 Å². The average molecular weight is 297 g/mol. The molecule has 106 valence electrons. The largest absolute Gasteiger partial charge is 0.269 e. The van der Waals surface area contributed by atoms with Gasteiger partial charge in [-0.05, 0) is 17.2 Å². The van der Waals surface area contributed by atoms with Crippen LogP contribution in [0.4, 0.5) is 0 Å². The zero-order valence-electron chi connectivity index (χ0n) is 11.4. The summed E-state index contributed by atoms with van der Waals surface area (Å²) in [6.07, 6.45) is 2.76. The van der Waals surface area contributed by atoms with Crippen LogP contribution in [-0.4, -0.2) is 19.3 Å². The molecule has 0 saturated carbocycles. The molecule has 2 aliphatic heterocycles. The Morgan fingerprint density at radius 3 is 2.52 bits per heavy atom. The van der Waals surface area contributed by atoms with E-state index in [0.29, 0.717) is 17.9 Å². The summed E-state index contributed by atoms with van der Waals surface area (Å²) in [6.45, 7) is 0.543. The van der Waals surface area contributed by atoms with Crippen molar-refractivity contribution in [3.05, 3.63) is 77.5 Å². The van der Waals surface area contributed by atoms with E-state index >= 15 is 0 Å². The summed E-state index contributed by atoms with van der Waals surface area (Å²) >= 11 is 0. The van der Waals surface area contributed by atoms with Gasteiger partial charge in [0, 0.05) is 24.6 Å². The number of benzene rings is 2. The molecular weight excluding hydrogens is 282 g/mol. The maximum Gasteiger partial charge on any atom is 0.264 e. The van der Waals surface area contributed by atoms with Gasteiger partial charge in [0.1, 0.15) is 0 Å². The van der Waals surface area contributed by atoms with E-state index in [4.69, 9.17) is 0 Å². The third-order valence-electron chi connectivity index (χ3n) is 4.19. The van der Waals surface area contributed by atoms with Crippen molar-refractivity contribution < 1.29 is 8.42 Å². The minimum atomic E-state index is -3.40. The fourth-order valence-corrected chi connectivity index (χ4v) is 4.99. The van der Waals surface area contributed by atoms with Crippen molar-refractivity contribution in [2.45, 2.75) is 17.2 Å². The Morgan fingerprint density at radius 2 is 1.71 bits per heavy atom. The summed E-state index contributed by atoms with van der Waals surface area (Å²) < 4.78 is 27.1. The van der Waals surface area contributed by atoms with Gasteiger partial charge < -0.3 is 0 Å². The van der Waals surface area contributed by atoms with E-state index < -0.39 is 10.0 Å². The molecule has 4 rings (SSSR count). The molecule has 0 fully saturated rings. The zero-order chi connectivity index (χ0) is 14.4. The Labute approximate surface area is 124 Å². The van der Waals surface area contributed by atoms with Crippen LogP contribution < -0.4 is 0 Å². The Hall–Kier alpha value is -2.07. The lowest BCUT2D eigenvalue weighted by Gasteiger charge is -2.28. The molecule has 0 saturated heterocycles. The lowest BCUT2D eigenvalue weighted by Crippen LogP contribution is -2.34. The molecule has 0 radical (unpaired) electrons. The van der Waals surface area contributed by atoms with E-state index in [-0.39, 0.29) is 5.92 Å². The highest BCUT2D eigenvalue weighted by atomic mass is 32.2. The summed E-state index contributed by atoms with van der Waals surface area (Å²) in [6, 6.07) is 17.3. The number of nitrogens with zero attached hydrogens (tertiary/aromatic N) is 1. The first-order valence-corrected chi connectivity index (χ1v) is 8.46. The smallest absolute Gasteiger partial charge is 0.264 e. The van der Waals surface area contributed by atoms with Crippen molar-refractivity contribution in [1.29, 1.82) is 0 Å². The molecule has 0 aromatic heterocycles. The van der Waals surface area contributed by atoms with Gasteiger partial charge in [0.15, 0.2) is 0 Å². The van der Waals surface area contributed by atoms with Gasteiger partial charge in [-0.25, -0.2) is 8.42 Å².